The summed E-state index contributed by atoms with van der Waals surface area (Å²) in [6, 6.07) is 22.1. The third-order valence-electron chi connectivity index (χ3n) is 6.07. The Morgan fingerprint density at radius 1 is 0.676 bits per heavy atom. The summed E-state index contributed by atoms with van der Waals surface area (Å²) in [7, 11) is 0. The highest BCUT2D eigenvalue weighted by Crippen LogP contribution is 2.30. The molecule has 0 saturated heterocycles. The van der Waals surface area contributed by atoms with Crippen LogP contribution in [-0.2, 0) is 19.0 Å². The minimum Gasteiger partial charge on any atom is -0.166 e. The molecule has 34 heavy (non-hydrogen) atoms. The number of halogens is 3. The molecule has 0 aliphatic carbocycles. The number of unbranched alkanes of at least 4 members (excludes halogenated alkanes) is 3. The van der Waals surface area contributed by atoms with E-state index in [2.05, 4.69) is 55.2 Å². The van der Waals surface area contributed by atoms with Crippen LogP contribution in [0.2, 0.25) is 0 Å². The molecule has 0 atom stereocenters. The first-order valence-electron chi connectivity index (χ1n) is 12.0. The van der Waals surface area contributed by atoms with E-state index in [-0.39, 0.29) is 0 Å². The molecule has 1 radical (unpaired) electrons. The third-order valence-corrected chi connectivity index (χ3v) is 6.07. The Morgan fingerprint density at radius 3 is 1.71 bits per heavy atom. The number of rotatable bonds is 9. The van der Waals surface area contributed by atoms with Crippen molar-refractivity contribution in [2.24, 2.45) is 0 Å². The van der Waals surface area contributed by atoms with E-state index in [4.69, 9.17) is 0 Å². The monoisotopic (exact) mass is 461 g/mol. The average molecular weight is 462 g/mol. The highest BCUT2D eigenvalue weighted by molar-refractivity contribution is 5.44. The van der Waals surface area contributed by atoms with Crippen LogP contribution in [0.25, 0.3) is 0 Å². The molecule has 3 rings (SSSR count). The van der Waals surface area contributed by atoms with Crippen LogP contribution in [0.15, 0.2) is 72.8 Å². The molecule has 177 valence electrons. The topological polar surface area (TPSA) is 0 Å². The van der Waals surface area contributed by atoms with Crippen molar-refractivity contribution in [3.8, 4) is 11.8 Å². The van der Waals surface area contributed by atoms with Gasteiger partial charge in [-0.3, -0.25) is 0 Å². The molecule has 3 heteroatoms. The van der Waals surface area contributed by atoms with E-state index in [9.17, 15) is 13.2 Å². The molecule has 0 bridgehead atoms. The van der Waals surface area contributed by atoms with E-state index >= 15 is 0 Å². The van der Waals surface area contributed by atoms with Gasteiger partial charge < -0.3 is 0 Å². The summed E-state index contributed by atoms with van der Waals surface area (Å²) in [5, 5.41) is 0. The molecule has 0 nitrogen and oxygen atoms in total. The molecule has 0 N–H and O–H groups in total. The fourth-order valence-electron chi connectivity index (χ4n) is 3.83. The molecular weight excluding hydrogens is 429 g/mol. The molecule has 3 aromatic rings. The van der Waals surface area contributed by atoms with Gasteiger partial charge in [0.15, 0.2) is 0 Å². The molecule has 0 amide bonds. The second-order valence-corrected chi connectivity index (χ2v) is 8.81. The molecule has 0 fully saturated rings. The number of hydrogen-bond donors (Lipinski definition) is 0. The van der Waals surface area contributed by atoms with Gasteiger partial charge in [0.25, 0.3) is 0 Å². The number of benzene rings is 3. The molecule has 0 unspecified atom stereocenters. The van der Waals surface area contributed by atoms with Crippen LogP contribution in [0.3, 0.4) is 0 Å². The number of alkyl halides is 3. The van der Waals surface area contributed by atoms with Crippen LogP contribution in [0, 0.1) is 17.8 Å². The summed E-state index contributed by atoms with van der Waals surface area (Å²) in [6.07, 6.45) is 3.56. The fraction of sp³-hybridized carbons (Fsp3) is 0.323. The highest BCUT2D eigenvalue weighted by Gasteiger charge is 2.30. The summed E-state index contributed by atoms with van der Waals surface area (Å²) in [6.45, 7) is 4.20. The summed E-state index contributed by atoms with van der Waals surface area (Å²) < 4.78 is 38.2. The molecule has 0 heterocycles. The Kier molecular flexibility index (Phi) is 9.40. The van der Waals surface area contributed by atoms with Crippen LogP contribution < -0.4 is 0 Å². The highest BCUT2D eigenvalue weighted by atomic mass is 19.4. The van der Waals surface area contributed by atoms with E-state index in [1.165, 1.54) is 36.8 Å². The zero-order chi connectivity index (χ0) is 24.4. The van der Waals surface area contributed by atoms with E-state index in [1.807, 2.05) is 19.1 Å². The van der Waals surface area contributed by atoms with E-state index in [0.29, 0.717) is 0 Å². The van der Waals surface area contributed by atoms with Crippen LogP contribution in [0.5, 0.6) is 0 Å². The number of aryl methyl sites for hydroxylation is 2. The van der Waals surface area contributed by atoms with Crippen molar-refractivity contribution in [3.05, 3.63) is 112 Å². The first-order valence-corrected chi connectivity index (χ1v) is 12.0. The maximum atomic E-state index is 12.7. The molecule has 0 saturated carbocycles. The lowest BCUT2D eigenvalue weighted by atomic mass is 9.93. The molecular formula is C31H32F3. The van der Waals surface area contributed by atoms with Gasteiger partial charge in [-0.05, 0) is 78.8 Å². The van der Waals surface area contributed by atoms with Gasteiger partial charge in [0.1, 0.15) is 0 Å². The summed E-state index contributed by atoms with van der Waals surface area (Å²) in [5.74, 6) is 7.54. The first-order chi connectivity index (χ1) is 16.3. The maximum Gasteiger partial charge on any atom is 0.416 e. The fourth-order valence-corrected chi connectivity index (χ4v) is 3.83. The van der Waals surface area contributed by atoms with Gasteiger partial charge in [0.05, 0.1) is 5.56 Å². The molecule has 0 aliphatic heterocycles. The van der Waals surface area contributed by atoms with Crippen LogP contribution in [0.1, 0.15) is 79.3 Å². The number of hydrogen-bond acceptors (Lipinski definition) is 0. The minimum atomic E-state index is -4.30. The molecule has 0 aliphatic rings. The first kappa shape index (κ1) is 25.6. The SMILES string of the molecule is CCCCCCc1ccc(C#Cc2ccc(CC[C](C)c3ccc(C(F)(F)F)cc3)cc2)cc1. The predicted octanol–water partition coefficient (Wildman–Crippen LogP) is 8.80. The van der Waals surface area contributed by atoms with Gasteiger partial charge in [0.2, 0.25) is 0 Å². The smallest absolute Gasteiger partial charge is 0.166 e. The van der Waals surface area contributed by atoms with Crippen LogP contribution in [-0.4, -0.2) is 0 Å². The zero-order valence-electron chi connectivity index (χ0n) is 20.0. The van der Waals surface area contributed by atoms with Crippen molar-refractivity contribution in [1.29, 1.82) is 0 Å². The minimum absolute atomic E-state index is 0.612. The van der Waals surface area contributed by atoms with Gasteiger partial charge in [-0.25, -0.2) is 0 Å². The Hall–Kier alpha value is -2.99. The lowest BCUT2D eigenvalue weighted by Crippen LogP contribution is -2.05. The molecule has 0 aromatic heterocycles. The summed E-state index contributed by atoms with van der Waals surface area (Å²) in [4.78, 5) is 0. The Labute approximate surface area is 202 Å². The maximum absolute atomic E-state index is 12.7. The Bertz CT molecular complexity index is 1060. The largest absolute Gasteiger partial charge is 0.416 e. The summed E-state index contributed by atoms with van der Waals surface area (Å²) >= 11 is 0. The Balaban J connectivity index is 1.49. The van der Waals surface area contributed by atoms with Crippen molar-refractivity contribution in [2.45, 2.75) is 65.0 Å². The predicted molar refractivity (Wildman–Crippen MR) is 134 cm³/mol. The van der Waals surface area contributed by atoms with Crippen molar-refractivity contribution in [2.75, 3.05) is 0 Å². The quantitative estimate of drug-likeness (QED) is 0.221. The summed E-state index contributed by atoms with van der Waals surface area (Å²) in [5.41, 5.74) is 4.78. The second-order valence-electron chi connectivity index (χ2n) is 8.81. The van der Waals surface area contributed by atoms with Gasteiger partial charge in [-0.1, -0.05) is 81.3 Å². The second kappa shape index (κ2) is 12.5. The van der Waals surface area contributed by atoms with Gasteiger partial charge in [-0.2, -0.15) is 13.2 Å². The van der Waals surface area contributed by atoms with E-state index in [1.54, 1.807) is 12.1 Å². The molecule has 0 spiro atoms. The van der Waals surface area contributed by atoms with Crippen molar-refractivity contribution in [1.82, 2.24) is 0 Å². The van der Waals surface area contributed by atoms with Gasteiger partial charge in [-0.15, -0.1) is 0 Å². The lowest BCUT2D eigenvalue weighted by Gasteiger charge is -2.13. The standard InChI is InChI=1S/C31H32F3/c1-3-4-5-6-7-25-10-12-27(13-11-25)18-19-28-16-14-26(15-17-28)9-8-24(2)29-20-22-30(23-21-29)31(32,33)34/h10-17,20-23H,3-9H2,1-2H3. The lowest BCUT2D eigenvalue weighted by molar-refractivity contribution is -0.137. The van der Waals surface area contributed by atoms with Crippen LogP contribution in [0.4, 0.5) is 13.2 Å². The van der Waals surface area contributed by atoms with Crippen LogP contribution >= 0.6 is 0 Å². The molecule has 3 aromatic carbocycles. The Morgan fingerprint density at radius 2 is 1.21 bits per heavy atom. The van der Waals surface area contributed by atoms with Crippen molar-refractivity contribution in [3.63, 3.8) is 0 Å². The average Bonchev–Trinajstić information content (AvgIpc) is 2.85. The normalized spacial score (nSPS) is 11.4. The van der Waals surface area contributed by atoms with Gasteiger partial charge in [0, 0.05) is 17.0 Å². The van der Waals surface area contributed by atoms with Crippen molar-refractivity contribution < 1.29 is 13.2 Å². The third kappa shape index (κ3) is 8.10. The van der Waals surface area contributed by atoms with E-state index < -0.39 is 11.7 Å². The van der Waals surface area contributed by atoms with E-state index in [0.717, 1.165) is 54.0 Å². The van der Waals surface area contributed by atoms with Crippen molar-refractivity contribution >= 4 is 0 Å². The van der Waals surface area contributed by atoms with Gasteiger partial charge >= 0.3 is 6.18 Å². The zero-order valence-corrected chi connectivity index (χ0v) is 20.0.